The molecule has 2 unspecified atom stereocenters. The van der Waals surface area contributed by atoms with Crippen LogP contribution in [0, 0.1) is 31.1 Å². The van der Waals surface area contributed by atoms with Crippen molar-refractivity contribution < 1.29 is 0 Å². The van der Waals surface area contributed by atoms with Crippen LogP contribution in [0.1, 0.15) is 112 Å². The van der Waals surface area contributed by atoms with E-state index in [0.29, 0.717) is 17.9 Å². The predicted molar refractivity (Wildman–Crippen MR) is 157 cm³/mol. The molecule has 1 N–H and O–H groups in total. The van der Waals surface area contributed by atoms with Crippen LogP contribution in [-0.2, 0) is 6.42 Å². The Morgan fingerprint density at radius 1 is 1.22 bits per heavy atom. The topological polar surface area (TPSA) is 24.9 Å². The van der Waals surface area contributed by atoms with Gasteiger partial charge < -0.3 is 5.32 Å². The summed E-state index contributed by atoms with van der Waals surface area (Å²) < 4.78 is 0. The summed E-state index contributed by atoms with van der Waals surface area (Å²) in [5.74, 6) is 4.67. The Balaban J connectivity index is 1.74. The van der Waals surface area contributed by atoms with Gasteiger partial charge in [0.25, 0.3) is 0 Å². The SMILES string of the molecule is C#Cc1ccc(CC2CCC(c3nccc(C=C)c3/C=C(\C)NC(CCC)C(C)CC)CC2)cc1C. The monoisotopic (exact) mass is 482 g/mol. The lowest BCUT2D eigenvalue weighted by Gasteiger charge is -2.30. The lowest BCUT2D eigenvalue weighted by Crippen LogP contribution is -2.33. The van der Waals surface area contributed by atoms with E-state index in [4.69, 9.17) is 11.4 Å². The predicted octanol–water partition coefficient (Wildman–Crippen LogP) is 8.70. The highest BCUT2D eigenvalue weighted by atomic mass is 14.9. The van der Waals surface area contributed by atoms with Crippen molar-refractivity contribution in [3.05, 3.63) is 76.2 Å². The molecule has 1 heterocycles. The third-order valence-corrected chi connectivity index (χ3v) is 8.18. The van der Waals surface area contributed by atoms with Crippen LogP contribution in [0.3, 0.4) is 0 Å². The molecule has 2 atom stereocenters. The summed E-state index contributed by atoms with van der Waals surface area (Å²) in [6, 6.07) is 9.20. The number of rotatable bonds is 11. The number of aryl methyl sites for hydroxylation is 1. The highest BCUT2D eigenvalue weighted by Crippen LogP contribution is 2.39. The number of hydrogen-bond donors (Lipinski definition) is 1. The average Bonchev–Trinajstić information content (AvgIpc) is 2.88. The first-order chi connectivity index (χ1) is 17.4. The van der Waals surface area contributed by atoms with Gasteiger partial charge in [-0.25, -0.2) is 0 Å². The molecule has 1 aromatic heterocycles. The fourth-order valence-electron chi connectivity index (χ4n) is 5.80. The zero-order chi connectivity index (χ0) is 26.1. The van der Waals surface area contributed by atoms with E-state index < -0.39 is 0 Å². The van der Waals surface area contributed by atoms with E-state index in [0.717, 1.165) is 17.9 Å². The van der Waals surface area contributed by atoms with Gasteiger partial charge in [-0.3, -0.25) is 4.98 Å². The van der Waals surface area contributed by atoms with Crippen LogP contribution >= 0.6 is 0 Å². The Morgan fingerprint density at radius 2 is 1.97 bits per heavy atom. The van der Waals surface area contributed by atoms with Crippen molar-refractivity contribution in [1.29, 1.82) is 0 Å². The molecule has 1 aromatic carbocycles. The van der Waals surface area contributed by atoms with E-state index >= 15 is 0 Å². The number of terminal acetylenes is 1. The van der Waals surface area contributed by atoms with Gasteiger partial charge in [0.1, 0.15) is 0 Å². The maximum atomic E-state index is 5.60. The summed E-state index contributed by atoms with van der Waals surface area (Å²) in [6.07, 6.45) is 21.5. The summed E-state index contributed by atoms with van der Waals surface area (Å²) in [5, 5.41) is 3.83. The summed E-state index contributed by atoms with van der Waals surface area (Å²) >= 11 is 0. The molecule has 0 radical (unpaired) electrons. The number of benzene rings is 1. The van der Waals surface area contributed by atoms with Gasteiger partial charge >= 0.3 is 0 Å². The minimum atomic E-state index is 0.506. The van der Waals surface area contributed by atoms with E-state index in [2.05, 4.69) is 82.8 Å². The standard InChI is InChI=1S/C34H46N2/c1-8-12-33(24(5)9-2)36-26(7)22-32-30(11-4)19-20-35-34(32)31-17-13-27(14-18-31)23-28-15-16-29(10-3)25(6)21-28/h3,11,15-16,19-22,24,27,31,33,36H,4,8-9,12-14,17-18,23H2,1-2,5-7H3/b26-22+. The van der Waals surface area contributed by atoms with Crippen LogP contribution in [0.2, 0.25) is 0 Å². The molecule has 0 spiro atoms. The zero-order valence-corrected chi connectivity index (χ0v) is 23.2. The average molecular weight is 483 g/mol. The van der Waals surface area contributed by atoms with Gasteiger partial charge in [0.15, 0.2) is 0 Å². The molecule has 1 aliphatic carbocycles. The molecule has 0 bridgehead atoms. The lowest BCUT2D eigenvalue weighted by molar-refractivity contribution is 0.321. The number of nitrogens with zero attached hydrogens (tertiary/aromatic N) is 1. The van der Waals surface area contributed by atoms with Crippen molar-refractivity contribution in [3.63, 3.8) is 0 Å². The molecule has 1 saturated carbocycles. The zero-order valence-electron chi connectivity index (χ0n) is 23.2. The summed E-state index contributed by atoms with van der Waals surface area (Å²) in [4.78, 5) is 4.93. The Bertz CT molecular complexity index is 1080. The van der Waals surface area contributed by atoms with Gasteiger partial charge in [0.05, 0.1) is 5.69 Å². The Labute approximate surface area is 220 Å². The van der Waals surface area contributed by atoms with Gasteiger partial charge in [-0.05, 0) is 99.1 Å². The number of aromatic nitrogens is 1. The molecule has 2 aromatic rings. The molecule has 0 saturated heterocycles. The maximum Gasteiger partial charge on any atom is 0.0513 e. The van der Waals surface area contributed by atoms with Crippen LogP contribution in [-0.4, -0.2) is 11.0 Å². The van der Waals surface area contributed by atoms with E-state index in [-0.39, 0.29) is 0 Å². The molecule has 1 fully saturated rings. The first kappa shape index (κ1) is 27.8. The quantitative estimate of drug-likeness (QED) is 0.324. The fourth-order valence-corrected chi connectivity index (χ4v) is 5.80. The van der Waals surface area contributed by atoms with Crippen LogP contribution in [0.25, 0.3) is 12.2 Å². The summed E-state index contributed by atoms with van der Waals surface area (Å²) in [7, 11) is 0. The van der Waals surface area contributed by atoms with E-state index in [1.54, 1.807) is 0 Å². The second-order valence-corrected chi connectivity index (χ2v) is 10.9. The minimum Gasteiger partial charge on any atom is -0.386 e. The number of allylic oxidation sites excluding steroid dienone is 1. The van der Waals surface area contributed by atoms with E-state index in [1.165, 1.54) is 78.6 Å². The maximum absolute atomic E-state index is 5.60. The molecule has 2 heteroatoms. The molecule has 3 rings (SSSR count). The second-order valence-electron chi connectivity index (χ2n) is 10.9. The third-order valence-electron chi connectivity index (χ3n) is 8.18. The molecule has 0 amide bonds. The van der Waals surface area contributed by atoms with Crippen molar-refractivity contribution in [2.24, 2.45) is 11.8 Å². The largest absolute Gasteiger partial charge is 0.386 e. The van der Waals surface area contributed by atoms with Crippen molar-refractivity contribution in [2.45, 2.75) is 97.9 Å². The molecule has 1 aliphatic rings. The van der Waals surface area contributed by atoms with Gasteiger partial charge in [-0.1, -0.05) is 64.3 Å². The van der Waals surface area contributed by atoms with Gasteiger partial charge in [-0.2, -0.15) is 0 Å². The van der Waals surface area contributed by atoms with Crippen LogP contribution in [0.4, 0.5) is 0 Å². The van der Waals surface area contributed by atoms with Crippen LogP contribution in [0.15, 0.2) is 42.7 Å². The van der Waals surface area contributed by atoms with E-state index in [1.807, 2.05) is 12.3 Å². The first-order valence-electron chi connectivity index (χ1n) is 14.0. The fraction of sp³-hybridized carbons (Fsp3) is 0.500. The van der Waals surface area contributed by atoms with Crippen molar-refractivity contribution in [2.75, 3.05) is 0 Å². The molecule has 192 valence electrons. The second kappa shape index (κ2) is 13.5. The van der Waals surface area contributed by atoms with Crippen molar-refractivity contribution in [3.8, 4) is 12.3 Å². The highest BCUT2D eigenvalue weighted by Gasteiger charge is 2.26. The number of pyridine rings is 1. The minimum absolute atomic E-state index is 0.506. The normalized spacial score (nSPS) is 19.8. The van der Waals surface area contributed by atoms with Crippen molar-refractivity contribution >= 4 is 12.2 Å². The summed E-state index contributed by atoms with van der Waals surface area (Å²) in [5.41, 5.74) is 8.54. The van der Waals surface area contributed by atoms with Crippen LogP contribution in [0.5, 0.6) is 0 Å². The van der Waals surface area contributed by atoms with Crippen molar-refractivity contribution in [1.82, 2.24) is 10.3 Å². The van der Waals surface area contributed by atoms with E-state index in [9.17, 15) is 0 Å². The summed E-state index contributed by atoms with van der Waals surface area (Å²) in [6.45, 7) is 15.3. The highest BCUT2D eigenvalue weighted by molar-refractivity contribution is 5.67. The smallest absolute Gasteiger partial charge is 0.0513 e. The molecular formula is C34H46N2. The Morgan fingerprint density at radius 3 is 2.58 bits per heavy atom. The third kappa shape index (κ3) is 7.13. The molecule has 2 nitrogen and oxygen atoms in total. The first-order valence-corrected chi connectivity index (χ1v) is 14.0. The van der Waals surface area contributed by atoms with Crippen LogP contribution < -0.4 is 5.32 Å². The molecular weight excluding hydrogens is 436 g/mol. The van der Waals surface area contributed by atoms with Gasteiger partial charge in [0.2, 0.25) is 0 Å². The Hall–Kier alpha value is -2.79. The van der Waals surface area contributed by atoms with Gasteiger partial charge in [-0.15, -0.1) is 6.42 Å². The number of hydrogen-bond acceptors (Lipinski definition) is 2. The number of nitrogens with one attached hydrogen (secondary N) is 1. The molecule has 36 heavy (non-hydrogen) atoms. The lowest BCUT2D eigenvalue weighted by atomic mass is 9.76. The molecule has 0 aliphatic heterocycles. The van der Waals surface area contributed by atoms with Gasteiger partial charge in [0, 0.05) is 35.0 Å². The Kier molecular flexibility index (Phi) is 10.4.